The van der Waals surface area contributed by atoms with Crippen molar-refractivity contribution in [3.05, 3.63) is 59.2 Å². The maximum atomic E-state index is 13.3. The molecule has 0 bridgehead atoms. The lowest BCUT2D eigenvalue weighted by Gasteiger charge is -2.23. The maximum Gasteiger partial charge on any atom is 0.262 e. The van der Waals surface area contributed by atoms with Crippen molar-refractivity contribution < 1.29 is 9.53 Å². The molecular formula is C19H17N3O2S. The van der Waals surface area contributed by atoms with Crippen molar-refractivity contribution in [3.63, 3.8) is 0 Å². The summed E-state index contributed by atoms with van der Waals surface area (Å²) in [4.78, 5) is 14.4. The van der Waals surface area contributed by atoms with Crippen LogP contribution in [0.15, 0.2) is 42.5 Å². The van der Waals surface area contributed by atoms with Gasteiger partial charge in [0.15, 0.2) is 4.87 Å². The lowest BCUT2D eigenvalue weighted by atomic mass is 10.1. The summed E-state index contributed by atoms with van der Waals surface area (Å²) in [5, 5.41) is 12.5. The summed E-state index contributed by atoms with van der Waals surface area (Å²) in [7, 11) is 1.63. The molecule has 2 aromatic rings. The number of nitrogens with zero attached hydrogens (tertiary/aromatic N) is 2. The first-order valence-electron chi connectivity index (χ1n) is 8.06. The Morgan fingerprint density at radius 2 is 2.24 bits per heavy atom. The molecule has 0 aliphatic carbocycles. The third-order valence-electron chi connectivity index (χ3n) is 4.61. The van der Waals surface area contributed by atoms with Gasteiger partial charge >= 0.3 is 0 Å². The van der Waals surface area contributed by atoms with Crippen molar-refractivity contribution in [2.24, 2.45) is 0 Å². The molecule has 2 aromatic carbocycles. The number of methoxy groups -OCH3 is 1. The predicted molar refractivity (Wildman–Crippen MR) is 97.5 cm³/mol. The first-order chi connectivity index (χ1) is 12.2. The van der Waals surface area contributed by atoms with Crippen LogP contribution in [0.5, 0.6) is 5.75 Å². The highest BCUT2D eigenvalue weighted by Gasteiger charge is 2.53. The number of ether oxygens (including phenoxy) is 1. The molecule has 1 spiro atoms. The van der Waals surface area contributed by atoms with E-state index >= 15 is 0 Å². The van der Waals surface area contributed by atoms with Gasteiger partial charge in [-0.15, -0.1) is 11.8 Å². The van der Waals surface area contributed by atoms with Crippen molar-refractivity contribution in [2.45, 2.75) is 11.4 Å². The van der Waals surface area contributed by atoms with Crippen molar-refractivity contribution in [3.8, 4) is 11.8 Å². The number of carbonyl (C=O) groups is 1. The minimum Gasteiger partial charge on any atom is -0.497 e. The zero-order valence-corrected chi connectivity index (χ0v) is 14.6. The van der Waals surface area contributed by atoms with Crippen LogP contribution in [0.4, 0.5) is 5.69 Å². The second-order valence-corrected chi connectivity index (χ2v) is 7.35. The molecule has 126 valence electrons. The van der Waals surface area contributed by atoms with Crippen LogP contribution in [0.2, 0.25) is 0 Å². The zero-order valence-electron chi connectivity index (χ0n) is 13.8. The zero-order chi connectivity index (χ0) is 17.4. The molecular weight excluding hydrogens is 334 g/mol. The lowest BCUT2D eigenvalue weighted by Crippen LogP contribution is -2.44. The second kappa shape index (κ2) is 6.10. The van der Waals surface area contributed by atoms with Gasteiger partial charge in [-0.3, -0.25) is 10.1 Å². The van der Waals surface area contributed by atoms with E-state index < -0.39 is 4.87 Å². The highest BCUT2D eigenvalue weighted by molar-refractivity contribution is 8.01. The van der Waals surface area contributed by atoms with Crippen LogP contribution in [0.25, 0.3) is 0 Å². The summed E-state index contributed by atoms with van der Waals surface area (Å²) in [6.07, 6.45) is 0. The largest absolute Gasteiger partial charge is 0.497 e. The van der Waals surface area contributed by atoms with Gasteiger partial charge in [0.05, 0.1) is 31.0 Å². The van der Waals surface area contributed by atoms with Crippen LogP contribution in [0.3, 0.4) is 0 Å². The smallest absolute Gasteiger partial charge is 0.262 e. The normalized spacial score (nSPS) is 21.4. The number of nitrogens with one attached hydrogen (secondary N) is 1. The number of carbonyl (C=O) groups excluding carboxylic acids is 1. The van der Waals surface area contributed by atoms with Gasteiger partial charge in [0, 0.05) is 17.9 Å². The summed E-state index contributed by atoms with van der Waals surface area (Å²) in [6, 6.07) is 15.3. The van der Waals surface area contributed by atoms with E-state index in [0.29, 0.717) is 12.1 Å². The van der Waals surface area contributed by atoms with E-state index in [-0.39, 0.29) is 5.91 Å². The van der Waals surface area contributed by atoms with Crippen LogP contribution >= 0.6 is 11.8 Å². The number of nitriles is 1. The monoisotopic (exact) mass is 351 g/mol. The molecule has 0 saturated carbocycles. The number of hydrogen-bond donors (Lipinski definition) is 1. The van der Waals surface area contributed by atoms with Crippen LogP contribution < -0.4 is 15.0 Å². The van der Waals surface area contributed by atoms with Gasteiger partial charge in [0.1, 0.15) is 5.75 Å². The Bertz CT molecular complexity index is 884. The van der Waals surface area contributed by atoms with Gasteiger partial charge in [-0.2, -0.15) is 5.26 Å². The molecule has 5 nitrogen and oxygen atoms in total. The van der Waals surface area contributed by atoms with Gasteiger partial charge in [0.2, 0.25) is 0 Å². The van der Waals surface area contributed by atoms with E-state index in [1.165, 1.54) is 0 Å². The number of fused-ring (bicyclic) bond motifs is 2. The summed E-state index contributed by atoms with van der Waals surface area (Å²) in [6.45, 7) is 1.24. The lowest BCUT2D eigenvalue weighted by molar-refractivity contribution is -0.121. The SMILES string of the molecule is COc1ccc2c(c1)C1(NCCS1)C(=O)N2Cc1cccc(C#N)c1. The molecule has 2 heterocycles. The predicted octanol–water partition coefficient (Wildman–Crippen LogP) is 2.60. The molecule has 25 heavy (non-hydrogen) atoms. The Hall–Kier alpha value is -2.49. The molecule has 1 atom stereocenters. The molecule has 1 amide bonds. The van der Waals surface area contributed by atoms with Gasteiger partial charge in [-0.05, 0) is 35.9 Å². The summed E-state index contributed by atoms with van der Waals surface area (Å²) in [5.74, 6) is 1.68. The summed E-state index contributed by atoms with van der Waals surface area (Å²) >= 11 is 1.63. The average Bonchev–Trinajstić information content (AvgIpc) is 3.23. The minimum atomic E-state index is -0.725. The Kier molecular flexibility index (Phi) is 3.91. The number of benzene rings is 2. The van der Waals surface area contributed by atoms with E-state index in [4.69, 9.17) is 10.00 Å². The van der Waals surface area contributed by atoms with Crippen LogP contribution in [-0.2, 0) is 16.2 Å². The molecule has 1 saturated heterocycles. The Morgan fingerprint density at radius 3 is 2.96 bits per heavy atom. The molecule has 6 heteroatoms. The number of rotatable bonds is 3. The molecule has 2 aliphatic rings. The molecule has 0 aromatic heterocycles. The molecule has 4 rings (SSSR count). The highest BCUT2D eigenvalue weighted by atomic mass is 32.2. The van der Waals surface area contributed by atoms with Crippen molar-refractivity contribution >= 4 is 23.4 Å². The van der Waals surface area contributed by atoms with Crippen LogP contribution in [0.1, 0.15) is 16.7 Å². The fourth-order valence-corrected chi connectivity index (χ4v) is 4.71. The fourth-order valence-electron chi connectivity index (χ4n) is 3.45. The van der Waals surface area contributed by atoms with Crippen LogP contribution in [0, 0.1) is 11.3 Å². The molecule has 1 N–H and O–H groups in total. The quantitative estimate of drug-likeness (QED) is 0.921. The summed E-state index contributed by atoms with van der Waals surface area (Å²) in [5.41, 5.74) is 3.39. The molecule has 0 radical (unpaired) electrons. The Balaban J connectivity index is 1.77. The van der Waals surface area contributed by atoms with E-state index in [1.807, 2.05) is 36.4 Å². The number of amides is 1. The highest BCUT2D eigenvalue weighted by Crippen LogP contribution is 2.50. The molecule has 1 fully saturated rings. The van der Waals surface area contributed by atoms with Crippen LogP contribution in [-0.4, -0.2) is 25.3 Å². The Morgan fingerprint density at radius 1 is 1.36 bits per heavy atom. The topological polar surface area (TPSA) is 65.4 Å². The van der Waals surface area contributed by atoms with E-state index in [9.17, 15) is 4.79 Å². The van der Waals surface area contributed by atoms with Crippen molar-refractivity contribution in [1.82, 2.24) is 5.32 Å². The standard InChI is InChI=1S/C19H17N3O2S/c1-24-15-5-6-17-16(10-15)19(21-7-8-25-19)18(23)22(17)12-14-4-2-3-13(9-14)11-20/h2-6,9-10,21H,7-8,12H2,1H3. The number of thioether (sulfide) groups is 1. The maximum absolute atomic E-state index is 13.3. The third-order valence-corrected chi connectivity index (χ3v) is 5.99. The number of anilines is 1. The van der Waals surface area contributed by atoms with Gasteiger partial charge in [-0.25, -0.2) is 0 Å². The number of hydrogen-bond acceptors (Lipinski definition) is 5. The van der Waals surface area contributed by atoms with Gasteiger partial charge < -0.3 is 9.64 Å². The Labute approximate surface area is 150 Å². The molecule has 1 unspecified atom stereocenters. The van der Waals surface area contributed by atoms with Gasteiger partial charge in [0.25, 0.3) is 5.91 Å². The van der Waals surface area contributed by atoms with E-state index in [2.05, 4.69) is 11.4 Å². The third kappa shape index (κ3) is 2.48. The fraction of sp³-hybridized carbons (Fsp3) is 0.263. The van der Waals surface area contributed by atoms with Crippen molar-refractivity contribution in [2.75, 3.05) is 24.3 Å². The first-order valence-corrected chi connectivity index (χ1v) is 9.05. The second-order valence-electron chi connectivity index (χ2n) is 6.04. The first kappa shape index (κ1) is 16.0. The molecule has 2 aliphatic heterocycles. The van der Waals surface area contributed by atoms with E-state index in [0.717, 1.165) is 34.9 Å². The van der Waals surface area contributed by atoms with Crippen molar-refractivity contribution in [1.29, 1.82) is 5.26 Å². The summed E-state index contributed by atoms with van der Waals surface area (Å²) < 4.78 is 5.36. The van der Waals surface area contributed by atoms with E-state index in [1.54, 1.807) is 29.8 Å². The average molecular weight is 351 g/mol. The van der Waals surface area contributed by atoms with Gasteiger partial charge in [-0.1, -0.05) is 12.1 Å². The minimum absolute atomic E-state index is 0.0422.